The maximum absolute atomic E-state index is 9.55. The first-order valence-corrected chi connectivity index (χ1v) is 4.37. The Labute approximate surface area is 69.1 Å². The van der Waals surface area contributed by atoms with Crippen LogP contribution in [0.15, 0.2) is 12.2 Å². The van der Waals surface area contributed by atoms with Crippen LogP contribution in [0.4, 0.5) is 0 Å². The molecule has 1 N–H and O–H groups in total. The fourth-order valence-electron chi connectivity index (χ4n) is 2.06. The topological polar surface area (TPSA) is 20.2 Å². The van der Waals surface area contributed by atoms with Crippen molar-refractivity contribution in [2.24, 2.45) is 17.8 Å². The van der Waals surface area contributed by atoms with Gasteiger partial charge in [0.15, 0.2) is 0 Å². The van der Waals surface area contributed by atoms with E-state index in [1.807, 2.05) is 0 Å². The van der Waals surface area contributed by atoms with Gasteiger partial charge < -0.3 is 5.11 Å². The smallest absolute Gasteiger partial charge is 0.0574 e. The number of allylic oxidation sites excluding steroid dienone is 1. The third kappa shape index (κ3) is 1.48. The summed E-state index contributed by atoms with van der Waals surface area (Å²) in [5.74, 6) is 1.58. The summed E-state index contributed by atoms with van der Waals surface area (Å²) in [6, 6.07) is 0. The molecule has 0 amide bonds. The molecule has 0 aliphatic heterocycles. The van der Waals surface area contributed by atoms with Gasteiger partial charge >= 0.3 is 0 Å². The molecule has 0 unspecified atom stereocenters. The lowest BCUT2D eigenvalue weighted by Gasteiger charge is -2.17. The van der Waals surface area contributed by atoms with Crippen molar-refractivity contribution in [3.63, 3.8) is 0 Å². The zero-order chi connectivity index (χ0) is 8.59. The van der Waals surface area contributed by atoms with Crippen LogP contribution in [-0.2, 0) is 0 Å². The molecule has 64 valence electrons. The molecule has 0 aromatic heterocycles. The highest BCUT2D eigenvalue weighted by Gasteiger charge is 2.36. The summed E-state index contributed by atoms with van der Waals surface area (Å²) in [6.07, 6.45) is 0.809. The Hall–Kier alpha value is -0.300. The number of rotatable bonds is 1. The van der Waals surface area contributed by atoms with E-state index in [1.54, 1.807) is 0 Å². The van der Waals surface area contributed by atoms with Gasteiger partial charge in [0, 0.05) is 0 Å². The van der Waals surface area contributed by atoms with E-state index in [2.05, 4.69) is 27.4 Å². The molecule has 0 bridgehead atoms. The van der Waals surface area contributed by atoms with E-state index in [0.717, 1.165) is 6.42 Å². The first kappa shape index (κ1) is 8.79. The van der Waals surface area contributed by atoms with Crippen molar-refractivity contribution in [1.82, 2.24) is 0 Å². The number of hydrogen-bond acceptors (Lipinski definition) is 1. The Balaban J connectivity index is 2.67. The lowest BCUT2D eigenvalue weighted by Crippen LogP contribution is -2.13. The van der Waals surface area contributed by atoms with E-state index in [9.17, 15) is 5.11 Å². The van der Waals surface area contributed by atoms with Gasteiger partial charge in [0.25, 0.3) is 0 Å². The average molecular weight is 154 g/mol. The summed E-state index contributed by atoms with van der Waals surface area (Å²) < 4.78 is 0. The predicted molar refractivity (Wildman–Crippen MR) is 47.3 cm³/mol. The van der Waals surface area contributed by atoms with E-state index < -0.39 is 0 Å². The van der Waals surface area contributed by atoms with E-state index in [-0.39, 0.29) is 6.10 Å². The Kier molecular flexibility index (Phi) is 2.38. The van der Waals surface area contributed by atoms with Crippen molar-refractivity contribution in [2.75, 3.05) is 0 Å². The van der Waals surface area contributed by atoms with E-state index in [0.29, 0.717) is 17.8 Å². The van der Waals surface area contributed by atoms with Crippen LogP contribution >= 0.6 is 0 Å². The van der Waals surface area contributed by atoms with Crippen LogP contribution in [0.5, 0.6) is 0 Å². The Morgan fingerprint density at radius 2 is 1.91 bits per heavy atom. The van der Waals surface area contributed by atoms with E-state index in [1.165, 1.54) is 5.57 Å². The third-order valence-corrected chi connectivity index (χ3v) is 3.20. The molecule has 1 fully saturated rings. The molecule has 0 aromatic carbocycles. The molecule has 0 heterocycles. The van der Waals surface area contributed by atoms with Gasteiger partial charge in [0.2, 0.25) is 0 Å². The first-order chi connectivity index (χ1) is 5.04. The summed E-state index contributed by atoms with van der Waals surface area (Å²) in [4.78, 5) is 0. The van der Waals surface area contributed by atoms with Crippen molar-refractivity contribution in [3.8, 4) is 0 Å². The van der Waals surface area contributed by atoms with E-state index >= 15 is 0 Å². The molecular formula is C10H18O. The fraction of sp³-hybridized carbons (Fsp3) is 0.800. The molecule has 1 aliphatic rings. The highest BCUT2D eigenvalue weighted by molar-refractivity contribution is 5.04. The van der Waals surface area contributed by atoms with Crippen molar-refractivity contribution in [1.29, 1.82) is 0 Å². The second-order valence-electron chi connectivity index (χ2n) is 3.97. The summed E-state index contributed by atoms with van der Waals surface area (Å²) in [6.45, 7) is 10.3. The Bertz CT molecular complexity index is 162. The van der Waals surface area contributed by atoms with Crippen LogP contribution in [0.2, 0.25) is 0 Å². The van der Waals surface area contributed by atoms with Crippen LogP contribution in [0.1, 0.15) is 27.2 Å². The summed E-state index contributed by atoms with van der Waals surface area (Å²) in [5.41, 5.74) is 1.22. The molecule has 1 nitrogen and oxygen atoms in total. The maximum Gasteiger partial charge on any atom is 0.0574 e. The van der Waals surface area contributed by atoms with Crippen LogP contribution in [0.3, 0.4) is 0 Å². The van der Waals surface area contributed by atoms with Crippen molar-refractivity contribution < 1.29 is 5.11 Å². The lowest BCUT2D eigenvalue weighted by molar-refractivity contribution is 0.130. The summed E-state index contributed by atoms with van der Waals surface area (Å²) in [7, 11) is 0. The molecule has 0 aromatic rings. The van der Waals surface area contributed by atoms with Crippen molar-refractivity contribution >= 4 is 0 Å². The molecule has 1 aliphatic carbocycles. The molecule has 1 saturated carbocycles. The highest BCUT2D eigenvalue weighted by atomic mass is 16.3. The average Bonchev–Trinajstić information content (AvgIpc) is 2.17. The second kappa shape index (κ2) is 2.98. The standard InChI is InChI=1S/C10H18O/c1-6(2)9-5-10(11)8(4)7(9)3/h7-11H,1,5H2,2-4H3/t7-,8-,9-,10-/m0/s1. The fourth-order valence-corrected chi connectivity index (χ4v) is 2.06. The van der Waals surface area contributed by atoms with Crippen LogP contribution in [0, 0.1) is 17.8 Å². The molecule has 0 saturated heterocycles. The predicted octanol–water partition coefficient (Wildman–Crippen LogP) is 2.22. The molecular weight excluding hydrogens is 136 g/mol. The minimum atomic E-state index is -0.105. The van der Waals surface area contributed by atoms with Crippen LogP contribution in [-0.4, -0.2) is 11.2 Å². The van der Waals surface area contributed by atoms with Crippen molar-refractivity contribution in [2.45, 2.75) is 33.3 Å². The largest absolute Gasteiger partial charge is 0.393 e. The Morgan fingerprint density at radius 3 is 2.09 bits per heavy atom. The van der Waals surface area contributed by atoms with Gasteiger partial charge in [-0.25, -0.2) is 0 Å². The normalized spacial score (nSPS) is 44.4. The minimum absolute atomic E-state index is 0.105. The minimum Gasteiger partial charge on any atom is -0.393 e. The van der Waals surface area contributed by atoms with Gasteiger partial charge in [-0.15, -0.1) is 0 Å². The number of aliphatic hydroxyl groups excluding tert-OH is 1. The zero-order valence-electron chi connectivity index (χ0n) is 7.67. The quantitative estimate of drug-likeness (QED) is 0.574. The first-order valence-electron chi connectivity index (χ1n) is 4.37. The van der Waals surface area contributed by atoms with Gasteiger partial charge in [-0.1, -0.05) is 26.0 Å². The highest BCUT2D eigenvalue weighted by Crippen LogP contribution is 2.39. The van der Waals surface area contributed by atoms with Crippen LogP contribution in [0.25, 0.3) is 0 Å². The summed E-state index contributed by atoms with van der Waals surface area (Å²) >= 11 is 0. The van der Waals surface area contributed by atoms with Gasteiger partial charge in [-0.3, -0.25) is 0 Å². The number of hydrogen-bond donors (Lipinski definition) is 1. The zero-order valence-corrected chi connectivity index (χ0v) is 7.67. The molecule has 11 heavy (non-hydrogen) atoms. The molecule has 4 atom stereocenters. The third-order valence-electron chi connectivity index (χ3n) is 3.20. The number of aliphatic hydroxyl groups is 1. The van der Waals surface area contributed by atoms with Gasteiger partial charge in [0.05, 0.1) is 6.10 Å². The van der Waals surface area contributed by atoms with Gasteiger partial charge in [0.1, 0.15) is 0 Å². The monoisotopic (exact) mass is 154 g/mol. The van der Waals surface area contributed by atoms with Crippen molar-refractivity contribution in [3.05, 3.63) is 12.2 Å². The summed E-state index contributed by atoms with van der Waals surface area (Å²) in [5, 5.41) is 9.55. The molecule has 0 radical (unpaired) electrons. The lowest BCUT2D eigenvalue weighted by atomic mass is 9.88. The Morgan fingerprint density at radius 1 is 1.36 bits per heavy atom. The van der Waals surface area contributed by atoms with Gasteiger partial charge in [-0.2, -0.15) is 0 Å². The second-order valence-corrected chi connectivity index (χ2v) is 3.97. The molecule has 0 spiro atoms. The SMILES string of the molecule is C=C(C)[C@@H]1C[C@H](O)[C@@H](C)[C@@H]1C. The molecule has 1 heteroatoms. The van der Waals surface area contributed by atoms with Gasteiger partial charge in [-0.05, 0) is 31.1 Å². The van der Waals surface area contributed by atoms with Crippen LogP contribution < -0.4 is 0 Å². The van der Waals surface area contributed by atoms with E-state index in [4.69, 9.17) is 0 Å². The maximum atomic E-state index is 9.55. The molecule has 1 rings (SSSR count).